The molecule has 0 radical (unpaired) electrons. The highest BCUT2D eigenvalue weighted by molar-refractivity contribution is 6.74. The van der Waals surface area contributed by atoms with Gasteiger partial charge in [0.05, 0.1) is 0 Å². The van der Waals surface area contributed by atoms with E-state index in [1.165, 1.54) is 19.3 Å². The van der Waals surface area contributed by atoms with Gasteiger partial charge in [0, 0.05) is 6.42 Å². The molecular weight excluding hydrogens is 248 g/mol. The summed E-state index contributed by atoms with van der Waals surface area (Å²) in [6.45, 7) is 13.5. The van der Waals surface area contributed by atoms with Crippen molar-refractivity contribution < 1.29 is 4.43 Å². The molecule has 0 spiro atoms. The Labute approximate surface area is 122 Å². The lowest BCUT2D eigenvalue weighted by Crippen LogP contribution is -2.43. The van der Waals surface area contributed by atoms with E-state index in [1.807, 2.05) is 0 Å². The summed E-state index contributed by atoms with van der Waals surface area (Å²) < 4.78 is 6.23. The number of unbranched alkanes of at least 4 members (excludes halogenated alkanes) is 3. The lowest BCUT2D eigenvalue weighted by atomic mass is 10.2. The number of hydrogen-bond acceptors (Lipinski definition) is 1. The van der Waals surface area contributed by atoms with Crippen LogP contribution in [0.1, 0.15) is 59.8 Å². The van der Waals surface area contributed by atoms with Gasteiger partial charge < -0.3 is 4.43 Å². The second-order valence-corrected chi connectivity index (χ2v) is 11.5. The first-order chi connectivity index (χ1) is 8.74. The van der Waals surface area contributed by atoms with E-state index in [0.717, 1.165) is 12.8 Å². The zero-order valence-corrected chi connectivity index (χ0v) is 14.8. The van der Waals surface area contributed by atoms with Crippen LogP contribution in [0.3, 0.4) is 0 Å². The first-order valence-electron chi connectivity index (χ1n) is 7.53. The molecule has 0 saturated carbocycles. The minimum absolute atomic E-state index is 0.0664. The van der Waals surface area contributed by atoms with Crippen LogP contribution in [-0.2, 0) is 4.43 Å². The first kappa shape index (κ1) is 18.5. The number of hydrogen-bond donors (Lipinski definition) is 0. The molecule has 1 unspecified atom stereocenters. The van der Waals surface area contributed by atoms with Crippen LogP contribution in [0.4, 0.5) is 0 Å². The largest absolute Gasteiger partial charge is 0.403 e. The molecule has 19 heavy (non-hydrogen) atoms. The highest BCUT2D eigenvalue weighted by atomic mass is 28.4. The molecule has 1 atom stereocenters. The Morgan fingerprint density at radius 2 is 1.84 bits per heavy atom. The maximum atomic E-state index is 6.23. The smallest absolute Gasteiger partial charge is 0.193 e. The van der Waals surface area contributed by atoms with Crippen LogP contribution in [0, 0.1) is 12.3 Å². The molecule has 110 valence electrons. The molecule has 0 aromatic heterocycles. The van der Waals surface area contributed by atoms with Gasteiger partial charge in [0.2, 0.25) is 0 Å². The Morgan fingerprint density at radius 1 is 1.21 bits per heavy atom. The van der Waals surface area contributed by atoms with Crippen molar-refractivity contribution in [2.24, 2.45) is 0 Å². The zero-order valence-electron chi connectivity index (χ0n) is 13.8. The number of terminal acetylenes is 1. The van der Waals surface area contributed by atoms with Gasteiger partial charge in [0.1, 0.15) is 6.10 Å². The fourth-order valence-electron chi connectivity index (χ4n) is 1.53. The molecule has 0 amide bonds. The van der Waals surface area contributed by atoms with Gasteiger partial charge in [-0.3, -0.25) is 0 Å². The van der Waals surface area contributed by atoms with E-state index >= 15 is 0 Å². The third-order valence-corrected chi connectivity index (χ3v) is 8.41. The Morgan fingerprint density at radius 3 is 2.32 bits per heavy atom. The van der Waals surface area contributed by atoms with Crippen LogP contribution in [0.25, 0.3) is 0 Å². The van der Waals surface area contributed by atoms with E-state index < -0.39 is 8.32 Å². The maximum Gasteiger partial charge on any atom is 0.193 e. The van der Waals surface area contributed by atoms with Crippen molar-refractivity contribution in [2.75, 3.05) is 0 Å². The summed E-state index contributed by atoms with van der Waals surface area (Å²) in [6, 6.07) is 0. The molecule has 0 aromatic rings. The summed E-state index contributed by atoms with van der Waals surface area (Å²) in [5.74, 6) is 2.79. The molecule has 0 aliphatic rings. The van der Waals surface area contributed by atoms with Gasteiger partial charge in [-0.25, -0.2) is 0 Å². The molecule has 0 heterocycles. The SMILES string of the molecule is C#CC(C/C=C\CCCCC)O[Si](C)(C)C(C)(C)C. The van der Waals surface area contributed by atoms with E-state index in [4.69, 9.17) is 10.8 Å². The average Bonchev–Trinajstić information content (AvgIpc) is 2.30. The van der Waals surface area contributed by atoms with E-state index in [1.54, 1.807) is 0 Å². The van der Waals surface area contributed by atoms with Crippen molar-refractivity contribution in [3.05, 3.63) is 12.2 Å². The van der Waals surface area contributed by atoms with E-state index in [9.17, 15) is 0 Å². The number of allylic oxidation sites excluding steroid dienone is 1. The molecule has 0 fully saturated rings. The Hall–Kier alpha value is -0.523. The predicted octanol–water partition coefficient (Wildman–Crippen LogP) is 5.54. The van der Waals surface area contributed by atoms with Gasteiger partial charge in [-0.1, -0.05) is 58.6 Å². The van der Waals surface area contributed by atoms with Crippen LogP contribution in [-0.4, -0.2) is 14.4 Å². The first-order valence-corrected chi connectivity index (χ1v) is 10.4. The van der Waals surface area contributed by atoms with E-state index in [0.29, 0.717) is 0 Å². The normalized spacial score (nSPS) is 14.6. The summed E-state index contributed by atoms with van der Waals surface area (Å²) in [6.07, 6.45) is 15.8. The van der Waals surface area contributed by atoms with Gasteiger partial charge >= 0.3 is 0 Å². The van der Waals surface area contributed by atoms with Crippen LogP contribution >= 0.6 is 0 Å². The summed E-state index contributed by atoms with van der Waals surface area (Å²) >= 11 is 0. The summed E-state index contributed by atoms with van der Waals surface area (Å²) in [4.78, 5) is 0. The maximum absolute atomic E-state index is 6.23. The van der Waals surface area contributed by atoms with E-state index in [2.05, 4.69) is 58.9 Å². The molecule has 0 rings (SSSR count). The zero-order chi connectivity index (χ0) is 14.9. The Bertz CT molecular complexity index is 304. The second-order valence-electron chi connectivity index (χ2n) is 6.74. The fourth-order valence-corrected chi connectivity index (χ4v) is 2.76. The average molecular weight is 281 g/mol. The molecule has 0 N–H and O–H groups in total. The lowest BCUT2D eigenvalue weighted by molar-refractivity contribution is 0.236. The Balaban J connectivity index is 4.20. The van der Waals surface area contributed by atoms with Crippen LogP contribution in [0.15, 0.2) is 12.2 Å². The van der Waals surface area contributed by atoms with Crippen molar-refractivity contribution in [1.82, 2.24) is 0 Å². The topological polar surface area (TPSA) is 9.23 Å². The Kier molecular flexibility index (Phi) is 8.37. The lowest BCUT2D eigenvalue weighted by Gasteiger charge is -2.37. The fraction of sp³-hybridized carbons (Fsp3) is 0.765. The van der Waals surface area contributed by atoms with Crippen molar-refractivity contribution in [3.8, 4) is 12.3 Å². The van der Waals surface area contributed by atoms with Crippen LogP contribution < -0.4 is 0 Å². The predicted molar refractivity (Wildman–Crippen MR) is 88.8 cm³/mol. The van der Waals surface area contributed by atoms with Gasteiger partial charge in [-0.05, 0) is 31.0 Å². The summed E-state index contributed by atoms with van der Waals surface area (Å²) in [7, 11) is -1.75. The molecule has 0 aromatic carbocycles. The third-order valence-electron chi connectivity index (χ3n) is 3.92. The third kappa shape index (κ3) is 7.60. The van der Waals surface area contributed by atoms with Gasteiger partial charge in [-0.15, -0.1) is 6.42 Å². The van der Waals surface area contributed by atoms with Gasteiger partial charge in [0.15, 0.2) is 8.32 Å². The molecule has 1 nitrogen and oxygen atoms in total. The summed E-state index contributed by atoms with van der Waals surface area (Å²) in [5.41, 5.74) is 0. The van der Waals surface area contributed by atoms with Crippen molar-refractivity contribution >= 4 is 8.32 Å². The molecule has 0 bridgehead atoms. The summed E-state index contributed by atoms with van der Waals surface area (Å²) in [5, 5.41) is 0.215. The minimum Gasteiger partial charge on any atom is -0.403 e. The number of rotatable bonds is 8. The van der Waals surface area contributed by atoms with Crippen molar-refractivity contribution in [3.63, 3.8) is 0 Å². The van der Waals surface area contributed by atoms with Gasteiger partial charge in [0.25, 0.3) is 0 Å². The molecular formula is C17H32OSi. The van der Waals surface area contributed by atoms with Crippen LogP contribution in [0.5, 0.6) is 0 Å². The monoisotopic (exact) mass is 280 g/mol. The van der Waals surface area contributed by atoms with Crippen LogP contribution in [0.2, 0.25) is 18.1 Å². The molecule has 0 aliphatic carbocycles. The highest BCUT2D eigenvalue weighted by Crippen LogP contribution is 2.37. The molecule has 0 aliphatic heterocycles. The van der Waals surface area contributed by atoms with E-state index in [-0.39, 0.29) is 11.1 Å². The second kappa shape index (κ2) is 8.61. The highest BCUT2D eigenvalue weighted by Gasteiger charge is 2.38. The molecule has 0 saturated heterocycles. The van der Waals surface area contributed by atoms with Crippen molar-refractivity contribution in [1.29, 1.82) is 0 Å². The molecule has 2 heteroatoms. The van der Waals surface area contributed by atoms with Gasteiger partial charge in [-0.2, -0.15) is 0 Å². The minimum atomic E-state index is -1.75. The van der Waals surface area contributed by atoms with Crippen molar-refractivity contribution in [2.45, 2.75) is 84.0 Å². The standard InChI is InChI=1S/C17H32OSi/c1-8-10-11-12-13-14-15-16(9-2)18-19(6,7)17(3,4)5/h2,13-14,16H,8,10-12,15H2,1,3-7H3/b14-13-. The quantitative estimate of drug-likeness (QED) is 0.245.